The van der Waals surface area contributed by atoms with Crippen LogP contribution in [0.1, 0.15) is 52.8 Å². The zero-order valence-corrected chi connectivity index (χ0v) is 20.8. The Balaban J connectivity index is 1.37. The number of carbonyl (C=O) groups is 1. The number of benzene rings is 1. The lowest BCUT2D eigenvalue weighted by Gasteiger charge is -2.35. The van der Waals surface area contributed by atoms with Gasteiger partial charge in [0.05, 0.1) is 40.8 Å². The predicted octanol–water partition coefficient (Wildman–Crippen LogP) is 4.50. The van der Waals surface area contributed by atoms with Gasteiger partial charge in [0.15, 0.2) is 5.65 Å². The molecule has 1 aromatic carbocycles. The number of aromatic nitrogens is 3. The van der Waals surface area contributed by atoms with Gasteiger partial charge in [0.25, 0.3) is 5.91 Å². The lowest BCUT2D eigenvalue weighted by Crippen LogP contribution is -2.47. The largest absolute Gasteiger partial charge is 0.486 e. The Morgan fingerprint density at radius 3 is 2.83 bits per heavy atom. The summed E-state index contributed by atoms with van der Waals surface area (Å²) in [6.07, 6.45) is -0.511. The van der Waals surface area contributed by atoms with E-state index in [9.17, 15) is 13.6 Å². The minimum Gasteiger partial charge on any atom is -0.486 e. The fourth-order valence-corrected chi connectivity index (χ4v) is 5.08. The monoisotopic (exact) mass is 503 g/mol. The van der Waals surface area contributed by atoms with E-state index in [-0.39, 0.29) is 30.3 Å². The van der Waals surface area contributed by atoms with E-state index in [4.69, 9.17) is 16.3 Å². The standard InChI is InChI=1S/C25H28ClF2N5O2/c1-4-8-31-9-7-21(19(28)12-31)35-22-10-16(27)5-6-17(22)25(34)32-11-18-20(13-32)30-33-15(3)23(26)14(2)29-24(18)33/h5-6,10,19,21H,4,7-9,11-13H2,1-3H3. The summed E-state index contributed by atoms with van der Waals surface area (Å²) in [6, 6.07) is 3.79. The quantitative estimate of drug-likeness (QED) is 0.513. The molecule has 7 nitrogen and oxygen atoms in total. The first kappa shape index (κ1) is 23.9. The highest BCUT2D eigenvalue weighted by molar-refractivity contribution is 6.31. The molecule has 4 heterocycles. The number of aryl methyl sites for hydroxylation is 2. The highest BCUT2D eigenvalue weighted by Gasteiger charge is 2.34. The molecule has 0 radical (unpaired) electrons. The van der Waals surface area contributed by atoms with Gasteiger partial charge >= 0.3 is 0 Å². The number of ether oxygens (including phenoxy) is 1. The highest BCUT2D eigenvalue weighted by atomic mass is 35.5. The Hall–Kier alpha value is -2.78. The third kappa shape index (κ3) is 4.36. The lowest BCUT2D eigenvalue weighted by atomic mass is 10.0. The summed E-state index contributed by atoms with van der Waals surface area (Å²) in [5, 5.41) is 5.18. The van der Waals surface area contributed by atoms with Crippen LogP contribution >= 0.6 is 11.6 Å². The molecule has 0 aliphatic carbocycles. The third-order valence-corrected chi connectivity index (χ3v) is 7.35. The number of piperidine rings is 1. The fraction of sp³-hybridized carbons (Fsp3) is 0.480. The molecule has 186 valence electrons. The van der Waals surface area contributed by atoms with Gasteiger partial charge in [-0.05, 0) is 45.4 Å². The first-order valence-corrected chi connectivity index (χ1v) is 12.3. The van der Waals surface area contributed by atoms with Crippen molar-refractivity contribution in [2.24, 2.45) is 0 Å². The lowest BCUT2D eigenvalue weighted by molar-refractivity contribution is 0.0210. The number of fused-ring (bicyclic) bond motifs is 3. The Kier molecular flexibility index (Phi) is 6.40. The first-order valence-electron chi connectivity index (χ1n) is 11.9. The molecule has 1 saturated heterocycles. The molecule has 0 N–H and O–H groups in total. The van der Waals surface area contributed by atoms with Crippen LogP contribution in [0.4, 0.5) is 8.78 Å². The Bertz CT molecular complexity index is 1300. The van der Waals surface area contributed by atoms with E-state index in [0.29, 0.717) is 35.9 Å². The second kappa shape index (κ2) is 9.35. The summed E-state index contributed by atoms with van der Waals surface area (Å²) in [4.78, 5) is 21.7. The smallest absolute Gasteiger partial charge is 0.258 e. The molecule has 0 bridgehead atoms. The zero-order valence-electron chi connectivity index (χ0n) is 20.0. The van der Waals surface area contributed by atoms with Crippen LogP contribution in [0.2, 0.25) is 5.02 Å². The van der Waals surface area contributed by atoms with Gasteiger partial charge in [-0.2, -0.15) is 5.10 Å². The molecule has 5 rings (SSSR count). The van der Waals surface area contributed by atoms with Crippen molar-refractivity contribution in [2.45, 2.75) is 59.0 Å². The van der Waals surface area contributed by atoms with Crippen LogP contribution in [0.3, 0.4) is 0 Å². The van der Waals surface area contributed by atoms with Gasteiger partial charge in [-0.3, -0.25) is 4.79 Å². The second-order valence-electron chi connectivity index (χ2n) is 9.32. The molecule has 2 aliphatic heterocycles. The first-order chi connectivity index (χ1) is 16.8. The van der Waals surface area contributed by atoms with Crippen molar-refractivity contribution in [2.75, 3.05) is 19.6 Å². The number of likely N-dealkylation sites (tertiary alicyclic amines) is 1. The summed E-state index contributed by atoms with van der Waals surface area (Å²) in [5.41, 5.74) is 3.97. The average Bonchev–Trinajstić information content (AvgIpc) is 3.38. The maximum Gasteiger partial charge on any atom is 0.258 e. The molecular formula is C25H28ClF2N5O2. The predicted molar refractivity (Wildman–Crippen MR) is 128 cm³/mol. The number of hydrogen-bond donors (Lipinski definition) is 0. The van der Waals surface area contributed by atoms with Crippen molar-refractivity contribution in [1.29, 1.82) is 0 Å². The fourth-order valence-electron chi connectivity index (χ4n) is 4.96. The number of halogens is 3. The summed E-state index contributed by atoms with van der Waals surface area (Å²) in [6.45, 7) is 8.16. The molecule has 10 heteroatoms. The van der Waals surface area contributed by atoms with Gasteiger partial charge < -0.3 is 14.5 Å². The van der Waals surface area contributed by atoms with Gasteiger partial charge in [-0.1, -0.05) is 18.5 Å². The molecule has 2 aliphatic rings. The van der Waals surface area contributed by atoms with Crippen LogP contribution in [0, 0.1) is 19.7 Å². The van der Waals surface area contributed by atoms with E-state index in [1.165, 1.54) is 18.2 Å². The molecule has 2 unspecified atom stereocenters. The van der Waals surface area contributed by atoms with E-state index in [1.807, 2.05) is 13.8 Å². The molecule has 2 atom stereocenters. The third-order valence-electron chi connectivity index (χ3n) is 6.80. The van der Waals surface area contributed by atoms with Crippen LogP contribution in [0.25, 0.3) is 5.65 Å². The number of amides is 1. The second-order valence-corrected chi connectivity index (χ2v) is 9.70. The summed E-state index contributed by atoms with van der Waals surface area (Å²) >= 11 is 6.32. The number of hydrogen-bond acceptors (Lipinski definition) is 5. The minimum absolute atomic E-state index is 0.0713. The van der Waals surface area contributed by atoms with Crippen LogP contribution < -0.4 is 4.74 Å². The van der Waals surface area contributed by atoms with Crippen LogP contribution in [-0.2, 0) is 13.1 Å². The van der Waals surface area contributed by atoms with Crippen molar-refractivity contribution in [3.63, 3.8) is 0 Å². The number of nitrogens with zero attached hydrogens (tertiary/aromatic N) is 5. The molecule has 2 aromatic heterocycles. The van der Waals surface area contributed by atoms with Gasteiger partial charge in [0.1, 0.15) is 23.8 Å². The van der Waals surface area contributed by atoms with Crippen molar-refractivity contribution in [3.8, 4) is 5.75 Å². The van der Waals surface area contributed by atoms with Gasteiger partial charge in [-0.15, -0.1) is 0 Å². The Morgan fingerprint density at radius 1 is 1.29 bits per heavy atom. The van der Waals surface area contributed by atoms with E-state index in [1.54, 1.807) is 9.42 Å². The van der Waals surface area contributed by atoms with Crippen LogP contribution in [0.15, 0.2) is 18.2 Å². The normalized spacial score (nSPS) is 20.5. The molecule has 3 aromatic rings. The SMILES string of the molecule is CCCN1CCC(Oc2cc(F)ccc2C(=O)N2Cc3nn4c(C)c(Cl)c(C)nc4c3C2)C(F)C1. The molecular weight excluding hydrogens is 476 g/mol. The van der Waals surface area contributed by atoms with Gasteiger partial charge in [0.2, 0.25) is 0 Å². The molecule has 0 spiro atoms. The molecule has 1 fully saturated rings. The Morgan fingerprint density at radius 2 is 2.09 bits per heavy atom. The van der Waals surface area contributed by atoms with E-state index in [0.717, 1.165) is 29.9 Å². The van der Waals surface area contributed by atoms with Crippen molar-refractivity contribution in [3.05, 3.63) is 57.2 Å². The highest BCUT2D eigenvalue weighted by Crippen LogP contribution is 2.32. The van der Waals surface area contributed by atoms with Crippen molar-refractivity contribution >= 4 is 23.2 Å². The van der Waals surface area contributed by atoms with E-state index >= 15 is 0 Å². The average molecular weight is 504 g/mol. The van der Waals surface area contributed by atoms with E-state index < -0.39 is 18.1 Å². The molecule has 0 saturated carbocycles. The maximum absolute atomic E-state index is 14.8. The van der Waals surface area contributed by atoms with Gasteiger partial charge in [-0.25, -0.2) is 18.3 Å². The summed E-state index contributed by atoms with van der Waals surface area (Å²) in [7, 11) is 0. The van der Waals surface area contributed by atoms with Crippen LogP contribution in [-0.4, -0.2) is 62.2 Å². The topological polar surface area (TPSA) is 63.0 Å². The van der Waals surface area contributed by atoms with Crippen molar-refractivity contribution in [1.82, 2.24) is 24.4 Å². The minimum atomic E-state index is -1.21. The molecule has 35 heavy (non-hydrogen) atoms. The van der Waals surface area contributed by atoms with E-state index in [2.05, 4.69) is 21.9 Å². The zero-order chi connectivity index (χ0) is 24.9. The summed E-state index contributed by atoms with van der Waals surface area (Å²) in [5.74, 6) is -0.788. The number of alkyl halides is 1. The van der Waals surface area contributed by atoms with Crippen molar-refractivity contribution < 1.29 is 18.3 Å². The van der Waals surface area contributed by atoms with Gasteiger partial charge in [0, 0.05) is 24.7 Å². The number of carbonyl (C=O) groups excluding carboxylic acids is 1. The van der Waals surface area contributed by atoms with Crippen LogP contribution in [0.5, 0.6) is 5.75 Å². The molecule has 1 amide bonds. The number of rotatable bonds is 5. The maximum atomic E-state index is 14.8. The Labute approximate surface area is 207 Å². The summed E-state index contributed by atoms with van der Waals surface area (Å²) < 4.78 is 36.6.